The molecule has 0 heterocycles. The normalized spacial score (nSPS) is 15.3. The maximum Gasteiger partial charge on any atom is 0.237 e. The van der Waals surface area contributed by atoms with Gasteiger partial charge in [-0.3, -0.25) is 4.79 Å². The summed E-state index contributed by atoms with van der Waals surface area (Å²) in [4.78, 5) is 11.7. The molecule has 0 spiro atoms. The fourth-order valence-corrected chi connectivity index (χ4v) is 2.37. The van der Waals surface area contributed by atoms with Crippen LogP contribution in [-0.2, 0) is 4.79 Å². The molecule has 2 unspecified atom stereocenters. The van der Waals surface area contributed by atoms with E-state index in [1.807, 2.05) is 52.0 Å². The third-order valence-electron chi connectivity index (χ3n) is 3.24. The molecule has 1 aromatic carbocycles. The lowest BCUT2D eigenvalue weighted by molar-refractivity contribution is -0.125. The van der Waals surface area contributed by atoms with Gasteiger partial charge >= 0.3 is 0 Å². The van der Waals surface area contributed by atoms with E-state index in [-0.39, 0.29) is 18.1 Å². The summed E-state index contributed by atoms with van der Waals surface area (Å²) in [6, 6.07) is 7.51. The van der Waals surface area contributed by atoms with Gasteiger partial charge in [0.05, 0.1) is 18.8 Å². The van der Waals surface area contributed by atoms with Crippen molar-refractivity contribution in [2.45, 2.75) is 51.8 Å². The fraction of sp³-hybridized carbons (Fsp3) is 0.562. The molecule has 1 aromatic rings. The molecule has 0 saturated carbocycles. The van der Waals surface area contributed by atoms with Gasteiger partial charge in [-0.05, 0) is 52.0 Å². The first kappa shape index (κ1) is 17.3. The van der Waals surface area contributed by atoms with Crippen LogP contribution in [0.1, 0.15) is 34.1 Å². The lowest BCUT2D eigenvalue weighted by Gasteiger charge is -2.32. The second-order valence-electron chi connectivity index (χ2n) is 5.80. The molecule has 3 N–H and O–H groups in total. The number of carbonyl (C=O) groups excluding carboxylic acids is 1. The van der Waals surface area contributed by atoms with E-state index in [9.17, 15) is 4.79 Å². The van der Waals surface area contributed by atoms with Gasteiger partial charge < -0.3 is 20.5 Å². The zero-order valence-corrected chi connectivity index (χ0v) is 13.5. The first-order valence-corrected chi connectivity index (χ1v) is 7.15. The minimum atomic E-state index is -0.792. The number of methoxy groups -OCH3 is 1. The predicted octanol–water partition coefficient (Wildman–Crippen LogP) is 2.09. The van der Waals surface area contributed by atoms with Crippen molar-refractivity contribution < 1.29 is 14.3 Å². The highest BCUT2D eigenvalue weighted by molar-refractivity contribution is 5.84. The van der Waals surface area contributed by atoms with Crippen LogP contribution in [-0.4, -0.2) is 30.7 Å². The second-order valence-corrected chi connectivity index (χ2v) is 5.80. The molecular weight excluding hydrogens is 268 g/mol. The summed E-state index contributed by atoms with van der Waals surface area (Å²) in [5.74, 6) is 1.14. The molecule has 0 fully saturated rings. The number of hydrogen-bond acceptors (Lipinski definition) is 4. The number of nitrogens with two attached hydrogens (primary N) is 1. The highest BCUT2D eigenvalue weighted by Crippen LogP contribution is 2.21. The first-order chi connectivity index (χ1) is 9.76. The Hall–Kier alpha value is -1.75. The van der Waals surface area contributed by atoms with E-state index in [1.165, 1.54) is 0 Å². The third-order valence-corrected chi connectivity index (χ3v) is 3.24. The van der Waals surface area contributed by atoms with Crippen molar-refractivity contribution in [2.24, 2.45) is 5.73 Å². The standard InChI is InChI=1S/C16H26N2O3/c1-11(2)18-16(4,15(17)19)10-12(3)21-14-8-6-13(20-5)7-9-14/h6-9,11-12,18H,10H2,1-5H3,(H2,17,19). The van der Waals surface area contributed by atoms with Gasteiger partial charge in [-0.2, -0.15) is 0 Å². The largest absolute Gasteiger partial charge is 0.497 e. The van der Waals surface area contributed by atoms with Crippen LogP contribution in [0.5, 0.6) is 11.5 Å². The monoisotopic (exact) mass is 294 g/mol. The summed E-state index contributed by atoms with van der Waals surface area (Å²) in [6.45, 7) is 7.70. The molecule has 0 aromatic heterocycles. The Morgan fingerprint density at radius 3 is 2.19 bits per heavy atom. The van der Waals surface area contributed by atoms with Crippen molar-refractivity contribution in [3.63, 3.8) is 0 Å². The molecule has 1 amide bonds. The Morgan fingerprint density at radius 1 is 1.24 bits per heavy atom. The minimum absolute atomic E-state index is 0.151. The average molecular weight is 294 g/mol. The molecule has 0 aliphatic rings. The zero-order chi connectivity index (χ0) is 16.0. The van der Waals surface area contributed by atoms with Crippen molar-refractivity contribution in [3.8, 4) is 11.5 Å². The topological polar surface area (TPSA) is 73.6 Å². The zero-order valence-electron chi connectivity index (χ0n) is 13.5. The van der Waals surface area contributed by atoms with E-state index in [0.717, 1.165) is 11.5 Å². The number of nitrogens with one attached hydrogen (secondary N) is 1. The third kappa shape index (κ3) is 5.27. The Balaban J connectivity index is 2.68. The molecule has 0 bridgehead atoms. The number of hydrogen-bond donors (Lipinski definition) is 2. The van der Waals surface area contributed by atoms with Crippen LogP contribution >= 0.6 is 0 Å². The molecule has 5 heteroatoms. The van der Waals surface area contributed by atoms with Gasteiger partial charge in [-0.1, -0.05) is 0 Å². The molecule has 0 aliphatic heterocycles. The Kier molecular flexibility index (Phi) is 6.03. The van der Waals surface area contributed by atoms with E-state index in [2.05, 4.69) is 5.32 Å². The average Bonchev–Trinajstić information content (AvgIpc) is 2.38. The van der Waals surface area contributed by atoms with Crippen LogP contribution in [0.2, 0.25) is 0 Å². The van der Waals surface area contributed by atoms with E-state index in [0.29, 0.717) is 6.42 Å². The molecule has 2 atom stereocenters. The van der Waals surface area contributed by atoms with Crippen LogP contribution in [0, 0.1) is 0 Å². The number of benzene rings is 1. The lowest BCUT2D eigenvalue weighted by Crippen LogP contribution is -2.57. The SMILES string of the molecule is COc1ccc(OC(C)CC(C)(NC(C)C)C(N)=O)cc1. The van der Waals surface area contributed by atoms with Crippen LogP contribution in [0.3, 0.4) is 0 Å². The maximum absolute atomic E-state index is 11.7. The smallest absolute Gasteiger partial charge is 0.237 e. The molecule has 5 nitrogen and oxygen atoms in total. The van der Waals surface area contributed by atoms with Crippen molar-refractivity contribution in [2.75, 3.05) is 7.11 Å². The highest BCUT2D eigenvalue weighted by Gasteiger charge is 2.33. The van der Waals surface area contributed by atoms with E-state index >= 15 is 0 Å². The van der Waals surface area contributed by atoms with Gasteiger partial charge in [0.1, 0.15) is 11.5 Å². The van der Waals surface area contributed by atoms with Gasteiger partial charge in [0.2, 0.25) is 5.91 Å². The highest BCUT2D eigenvalue weighted by atomic mass is 16.5. The number of ether oxygens (including phenoxy) is 2. The van der Waals surface area contributed by atoms with Gasteiger partial charge in [0.25, 0.3) is 0 Å². The Morgan fingerprint density at radius 2 is 1.76 bits per heavy atom. The minimum Gasteiger partial charge on any atom is -0.497 e. The number of carbonyl (C=O) groups is 1. The summed E-state index contributed by atoms with van der Waals surface area (Å²) >= 11 is 0. The van der Waals surface area contributed by atoms with Gasteiger partial charge in [-0.25, -0.2) is 0 Å². The van der Waals surface area contributed by atoms with Gasteiger partial charge in [-0.15, -0.1) is 0 Å². The molecular formula is C16H26N2O3. The van der Waals surface area contributed by atoms with Crippen molar-refractivity contribution in [1.82, 2.24) is 5.32 Å². The van der Waals surface area contributed by atoms with Crippen LogP contribution in [0.4, 0.5) is 0 Å². The Labute approximate surface area is 126 Å². The summed E-state index contributed by atoms with van der Waals surface area (Å²) < 4.78 is 10.9. The summed E-state index contributed by atoms with van der Waals surface area (Å²) in [5, 5.41) is 3.22. The summed E-state index contributed by atoms with van der Waals surface area (Å²) in [7, 11) is 1.62. The molecule has 0 saturated heterocycles. The summed E-state index contributed by atoms with van der Waals surface area (Å²) in [6.07, 6.45) is 0.342. The van der Waals surface area contributed by atoms with Gasteiger partial charge in [0, 0.05) is 12.5 Å². The molecule has 21 heavy (non-hydrogen) atoms. The van der Waals surface area contributed by atoms with Gasteiger partial charge in [0.15, 0.2) is 0 Å². The molecule has 0 radical (unpaired) electrons. The van der Waals surface area contributed by atoms with Crippen molar-refractivity contribution >= 4 is 5.91 Å². The first-order valence-electron chi connectivity index (χ1n) is 7.15. The number of rotatable bonds is 8. The number of amides is 1. The molecule has 118 valence electrons. The molecule has 1 rings (SSSR count). The van der Waals surface area contributed by atoms with Crippen LogP contribution < -0.4 is 20.5 Å². The second kappa shape index (κ2) is 7.31. The predicted molar refractivity (Wildman–Crippen MR) is 83.6 cm³/mol. The van der Waals surface area contributed by atoms with Crippen LogP contribution in [0.25, 0.3) is 0 Å². The van der Waals surface area contributed by atoms with E-state index < -0.39 is 5.54 Å². The van der Waals surface area contributed by atoms with E-state index in [4.69, 9.17) is 15.2 Å². The van der Waals surface area contributed by atoms with Crippen molar-refractivity contribution in [3.05, 3.63) is 24.3 Å². The quantitative estimate of drug-likeness (QED) is 0.770. The van der Waals surface area contributed by atoms with Crippen molar-refractivity contribution in [1.29, 1.82) is 0 Å². The summed E-state index contributed by atoms with van der Waals surface area (Å²) in [5.41, 5.74) is 4.73. The maximum atomic E-state index is 11.7. The number of primary amides is 1. The Bertz CT molecular complexity index is 459. The fourth-order valence-electron chi connectivity index (χ4n) is 2.37. The lowest BCUT2D eigenvalue weighted by atomic mass is 9.93. The molecule has 0 aliphatic carbocycles. The van der Waals surface area contributed by atoms with E-state index in [1.54, 1.807) is 7.11 Å². The van der Waals surface area contributed by atoms with Crippen LogP contribution in [0.15, 0.2) is 24.3 Å².